The highest BCUT2D eigenvalue weighted by Gasteiger charge is 2.30. The van der Waals surface area contributed by atoms with Gasteiger partial charge in [-0.2, -0.15) is 31.3 Å². The van der Waals surface area contributed by atoms with E-state index in [4.69, 9.17) is 9.47 Å². The van der Waals surface area contributed by atoms with E-state index >= 15 is 0 Å². The van der Waals surface area contributed by atoms with Gasteiger partial charge in [0, 0.05) is 17.9 Å². The van der Waals surface area contributed by atoms with E-state index < -0.39 is 17.2 Å². The van der Waals surface area contributed by atoms with Gasteiger partial charge >= 0.3 is 11.7 Å². The molecule has 2 aromatic rings. The maximum atomic E-state index is 12.7. The number of nitrogens with zero attached hydrogens (tertiary/aromatic N) is 1. The minimum absolute atomic E-state index is 0.0229. The van der Waals surface area contributed by atoms with Crippen LogP contribution in [0.3, 0.4) is 0 Å². The van der Waals surface area contributed by atoms with Crippen LogP contribution in [-0.2, 0) is 6.18 Å². The number of ether oxygens (including phenoxy) is 2. The second kappa shape index (κ2) is 8.07. The first-order valence-electron chi connectivity index (χ1n) is 7.20. The fourth-order valence-electron chi connectivity index (χ4n) is 1.89. The predicted molar refractivity (Wildman–Crippen MR) is 84.5 cm³/mol. The van der Waals surface area contributed by atoms with Crippen molar-refractivity contribution in [1.29, 1.82) is 0 Å². The van der Waals surface area contributed by atoms with Gasteiger partial charge in [-0.25, -0.2) is 0 Å². The average molecular weight is 397 g/mol. The third-order valence-electron chi connectivity index (χ3n) is 2.91. The van der Waals surface area contributed by atoms with Crippen LogP contribution in [0.2, 0.25) is 0 Å². The zero-order chi connectivity index (χ0) is 19.4. The normalized spacial score (nSPS) is 12.1. The lowest BCUT2D eigenvalue weighted by Crippen LogP contribution is -2.08. The van der Waals surface area contributed by atoms with Crippen molar-refractivity contribution < 1.29 is 35.8 Å². The summed E-state index contributed by atoms with van der Waals surface area (Å²) in [4.78, 5) is 3.94. The molecule has 26 heavy (non-hydrogen) atoms. The number of pyridine rings is 1. The van der Waals surface area contributed by atoms with Crippen molar-refractivity contribution in [3.05, 3.63) is 47.5 Å². The van der Waals surface area contributed by atoms with Gasteiger partial charge in [0.15, 0.2) is 0 Å². The van der Waals surface area contributed by atoms with Gasteiger partial charge in [-0.05, 0) is 42.4 Å². The van der Waals surface area contributed by atoms with E-state index in [9.17, 15) is 26.3 Å². The van der Waals surface area contributed by atoms with Crippen LogP contribution < -0.4 is 9.47 Å². The summed E-state index contributed by atoms with van der Waals surface area (Å²) in [6.07, 6.45) is -4.51. The molecule has 0 saturated carbocycles. The van der Waals surface area contributed by atoms with Crippen LogP contribution in [0.25, 0.3) is 0 Å². The molecule has 0 aliphatic heterocycles. The van der Waals surface area contributed by atoms with Crippen molar-refractivity contribution in [3.8, 4) is 17.5 Å². The Balaban J connectivity index is 2.05. The minimum Gasteiger partial charge on any atom is -0.477 e. The molecule has 0 atom stereocenters. The lowest BCUT2D eigenvalue weighted by atomic mass is 10.2. The second-order valence-corrected chi connectivity index (χ2v) is 6.25. The zero-order valence-corrected chi connectivity index (χ0v) is 14.1. The smallest absolute Gasteiger partial charge is 0.441 e. The summed E-state index contributed by atoms with van der Waals surface area (Å²) in [5.41, 5.74) is -4.59. The van der Waals surface area contributed by atoms with E-state index in [-0.39, 0.29) is 41.6 Å². The number of alkyl halides is 6. The summed E-state index contributed by atoms with van der Waals surface area (Å²) in [7, 11) is 0. The van der Waals surface area contributed by atoms with E-state index in [1.807, 2.05) is 0 Å². The van der Waals surface area contributed by atoms with Crippen molar-refractivity contribution in [2.75, 3.05) is 12.4 Å². The molecule has 2 rings (SSSR count). The summed E-state index contributed by atoms with van der Waals surface area (Å²) >= 11 is -0.223. The van der Waals surface area contributed by atoms with Crippen molar-refractivity contribution in [1.82, 2.24) is 4.98 Å². The highest BCUT2D eigenvalue weighted by Crippen LogP contribution is 2.33. The van der Waals surface area contributed by atoms with Gasteiger partial charge < -0.3 is 9.47 Å². The number of rotatable bonds is 6. The van der Waals surface area contributed by atoms with E-state index in [1.165, 1.54) is 24.3 Å². The lowest BCUT2D eigenvalue weighted by molar-refractivity contribution is -0.137. The van der Waals surface area contributed by atoms with Crippen LogP contribution in [-0.4, -0.2) is 22.9 Å². The maximum Gasteiger partial charge on any atom is 0.441 e. The Labute approximate surface area is 149 Å². The van der Waals surface area contributed by atoms with Crippen LogP contribution in [0.1, 0.15) is 11.1 Å². The number of halogens is 6. The Morgan fingerprint density at radius 2 is 1.69 bits per heavy atom. The fraction of sp³-hybridized carbons (Fsp3) is 0.312. The Bertz CT molecular complexity index is 748. The van der Waals surface area contributed by atoms with Crippen LogP contribution >= 0.6 is 11.8 Å². The monoisotopic (exact) mass is 397 g/mol. The zero-order valence-electron chi connectivity index (χ0n) is 13.3. The SMILES string of the molecule is Cc1cc(OCCSC(F)(F)F)nc(Oc2cccc(C(F)(F)F)c2)c1. The standard InChI is InChI=1S/C16H13F6NO2S/c1-10-7-13(24-5-6-26-16(20,21)22)23-14(8-10)25-12-4-2-3-11(9-12)15(17,18)19/h2-4,7-9H,5-6H2,1H3. The molecule has 0 bridgehead atoms. The molecule has 10 heteroatoms. The van der Waals surface area contributed by atoms with Crippen molar-refractivity contribution in [2.24, 2.45) is 0 Å². The van der Waals surface area contributed by atoms with Gasteiger partial charge in [-0.1, -0.05) is 6.07 Å². The Morgan fingerprint density at radius 3 is 2.35 bits per heavy atom. The van der Waals surface area contributed by atoms with E-state index in [2.05, 4.69) is 4.98 Å². The molecule has 0 radical (unpaired) electrons. The molecule has 0 N–H and O–H groups in total. The molecule has 0 saturated heterocycles. The third-order valence-corrected chi connectivity index (χ3v) is 3.60. The van der Waals surface area contributed by atoms with Gasteiger partial charge in [0.05, 0.1) is 12.2 Å². The first kappa shape index (κ1) is 20.2. The molecule has 1 heterocycles. The molecule has 0 aliphatic carbocycles. The predicted octanol–water partition coefficient (Wildman–Crippen LogP) is 5.83. The molecular formula is C16H13F6NO2S. The Hall–Kier alpha value is -2.10. The van der Waals surface area contributed by atoms with Crippen LogP contribution in [0.4, 0.5) is 26.3 Å². The van der Waals surface area contributed by atoms with E-state index in [0.717, 1.165) is 12.1 Å². The lowest BCUT2D eigenvalue weighted by Gasteiger charge is -2.11. The summed E-state index contributed by atoms with van der Waals surface area (Å²) in [6.45, 7) is 1.43. The summed E-state index contributed by atoms with van der Waals surface area (Å²) in [5.74, 6) is -0.391. The average Bonchev–Trinajstić information content (AvgIpc) is 2.50. The summed E-state index contributed by atoms with van der Waals surface area (Å²) < 4.78 is 84.8. The Morgan fingerprint density at radius 1 is 1.00 bits per heavy atom. The van der Waals surface area contributed by atoms with Gasteiger partial charge in [-0.3, -0.25) is 0 Å². The second-order valence-electron chi connectivity index (χ2n) is 5.09. The third kappa shape index (κ3) is 6.66. The maximum absolute atomic E-state index is 12.7. The largest absolute Gasteiger partial charge is 0.477 e. The molecule has 0 aliphatic rings. The quantitative estimate of drug-likeness (QED) is 0.453. The fourth-order valence-corrected chi connectivity index (χ4v) is 2.29. The number of aryl methyl sites for hydroxylation is 1. The number of benzene rings is 1. The summed E-state index contributed by atoms with van der Waals surface area (Å²) in [5, 5.41) is 0. The molecular weight excluding hydrogens is 384 g/mol. The van der Waals surface area contributed by atoms with Crippen molar-refractivity contribution >= 4 is 11.8 Å². The number of aromatic nitrogens is 1. The molecule has 0 amide bonds. The van der Waals surface area contributed by atoms with Gasteiger partial charge in [0.1, 0.15) is 5.75 Å². The Kier molecular flexibility index (Phi) is 6.27. The minimum atomic E-state index is -4.51. The molecule has 0 unspecified atom stereocenters. The highest BCUT2D eigenvalue weighted by atomic mass is 32.2. The van der Waals surface area contributed by atoms with Crippen molar-refractivity contribution in [3.63, 3.8) is 0 Å². The molecule has 142 valence electrons. The first-order valence-corrected chi connectivity index (χ1v) is 8.19. The van der Waals surface area contributed by atoms with Crippen LogP contribution in [0.5, 0.6) is 17.5 Å². The molecule has 1 aromatic carbocycles. The van der Waals surface area contributed by atoms with E-state index in [1.54, 1.807) is 6.92 Å². The number of hydrogen-bond donors (Lipinski definition) is 0. The molecule has 3 nitrogen and oxygen atoms in total. The summed E-state index contributed by atoms with van der Waals surface area (Å²) in [6, 6.07) is 7.21. The molecule has 0 fully saturated rings. The van der Waals surface area contributed by atoms with Gasteiger partial charge in [0.2, 0.25) is 11.8 Å². The molecule has 1 aromatic heterocycles. The van der Waals surface area contributed by atoms with Crippen molar-refractivity contribution in [2.45, 2.75) is 18.6 Å². The van der Waals surface area contributed by atoms with Crippen LogP contribution in [0.15, 0.2) is 36.4 Å². The molecule has 0 spiro atoms. The van der Waals surface area contributed by atoms with Gasteiger partial charge in [-0.15, -0.1) is 0 Å². The van der Waals surface area contributed by atoms with E-state index in [0.29, 0.717) is 5.56 Å². The highest BCUT2D eigenvalue weighted by molar-refractivity contribution is 8.00. The number of hydrogen-bond acceptors (Lipinski definition) is 4. The number of thioether (sulfide) groups is 1. The first-order chi connectivity index (χ1) is 12.0. The topological polar surface area (TPSA) is 31.4 Å². The van der Waals surface area contributed by atoms with Gasteiger partial charge in [0.25, 0.3) is 0 Å². The van der Waals surface area contributed by atoms with Crippen LogP contribution in [0, 0.1) is 6.92 Å².